The predicted octanol–water partition coefficient (Wildman–Crippen LogP) is 2.63. The van der Waals surface area contributed by atoms with Crippen molar-refractivity contribution in [1.82, 2.24) is 0 Å². The van der Waals surface area contributed by atoms with E-state index >= 15 is 0 Å². The molecule has 1 fully saturated rings. The zero-order valence-corrected chi connectivity index (χ0v) is 9.46. The van der Waals surface area contributed by atoms with Gasteiger partial charge in [0.1, 0.15) is 0 Å². The molecule has 16 heavy (non-hydrogen) atoms. The smallest absolute Gasteiger partial charge is 0.165 e. The number of para-hydroxylation sites is 1. The Labute approximate surface area is 96.0 Å². The number of benzene rings is 1. The lowest BCUT2D eigenvalue weighted by atomic mass is 9.87. The number of ether oxygens (including phenoxy) is 1. The standard InChI is InChI=1S/C13H18N2O/c14-10-4-3-5-11-12(10)16-9-13(8-15-11)6-1-2-7-13/h3-5,15H,1-2,6-9,14H2. The molecule has 2 aliphatic rings. The van der Waals surface area contributed by atoms with E-state index in [2.05, 4.69) is 5.32 Å². The van der Waals surface area contributed by atoms with Crippen LogP contribution in [0.15, 0.2) is 18.2 Å². The van der Waals surface area contributed by atoms with Crippen LogP contribution in [0.2, 0.25) is 0 Å². The van der Waals surface area contributed by atoms with Gasteiger partial charge in [-0.15, -0.1) is 0 Å². The summed E-state index contributed by atoms with van der Waals surface area (Å²) in [6.45, 7) is 1.82. The summed E-state index contributed by atoms with van der Waals surface area (Å²) in [5.41, 5.74) is 8.05. The van der Waals surface area contributed by atoms with Crippen LogP contribution in [0, 0.1) is 5.41 Å². The van der Waals surface area contributed by atoms with Crippen molar-refractivity contribution in [3.63, 3.8) is 0 Å². The van der Waals surface area contributed by atoms with Crippen LogP contribution in [0.4, 0.5) is 11.4 Å². The number of hydrogen-bond acceptors (Lipinski definition) is 3. The van der Waals surface area contributed by atoms with Crippen molar-refractivity contribution in [3.8, 4) is 5.75 Å². The second kappa shape index (κ2) is 3.58. The quantitative estimate of drug-likeness (QED) is 0.658. The second-order valence-electron chi connectivity index (χ2n) is 5.07. The van der Waals surface area contributed by atoms with Crippen LogP contribution in [0.3, 0.4) is 0 Å². The average Bonchev–Trinajstić information content (AvgIpc) is 2.65. The molecule has 0 amide bonds. The van der Waals surface area contributed by atoms with Crippen molar-refractivity contribution in [2.45, 2.75) is 25.7 Å². The van der Waals surface area contributed by atoms with Crippen molar-refractivity contribution in [1.29, 1.82) is 0 Å². The predicted molar refractivity (Wildman–Crippen MR) is 65.7 cm³/mol. The van der Waals surface area contributed by atoms with Gasteiger partial charge in [0.25, 0.3) is 0 Å². The maximum Gasteiger partial charge on any atom is 0.165 e. The lowest BCUT2D eigenvalue weighted by molar-refractivity contribution is 0.170. The van der Waals surface area contributed by atoms with E-state index in [1.165, 1.54) is 25.7 Å². The number of nitrogen functional groups attached to an aromatic ring is 1. The molecule has 3 N–H and O–H groups in total. The summed E-state index contributed by atoms with van der Waals surface area (Å²) in [7, 11) is 0. The van der Waals surface area contributed by atoms with Crippen LogP contribution in [-0.4, -0.2) is 13.2 Å². The van der Waals surface area contributed by atoms with Crippen LogP contribution in [0.5, 0.6) is 5.75 Å². The van der Waals surface area contributed by atoms with Gasteiger partial charge in [-0.2, -0.15) is 0 Å². The second-order valence-corrected chi connectivity index (χ2v) is 5.07. The Bertz CT molecular complexity index is 397. The Balaban J connectivity index is 1.89. The van der Waals surface area contributed by atoms with Gasteiger partial charge in [0.2, 0.25) is 0 Å². The Kier molecular flexibility index (Phi) is 2.20. The number of fused-ring (bicyclic) bond motifs is 1. The van der Waals surface area contributed by atoms with Crippen LogP contribution < -0.4 is 15.8 Å². The Morgan fingerprint density at radius 1 is 1.25 bits per heavy atom. The van der Waals surface area contributed by atoms with Gasteiger partial charge in [-0.3, -0.25) is 0 Å². The first-order chi connectivity index (χ1) is 7.79. The molecule has 1 saturated carbocycles. The van der Waals surface area contributed by atoms with Gasteiger partial charge in [0.05, 0.1) is 18.0 Å². The topological polar surface area (TPSA) is 47.3 Å². The Morgan fingerprint density at radius 3 is 2.88 bits per heavy atom. The maximum atomic E-state index is 5.93. The van der Waals surface area contributed by atoms with E-state index in [9.17, 15) is 0 Å². The number of hydrogen-bond donors (Lipinski definition) is 2. The van der Waals surface area contributed by atoms with E-state index in [1.807, 2.05) is 18.2 Å². The summed E-state index contributed by atoms with van der Waals surface area (Å²) in [6.07, 6.45) is 5.20. The fourth-order valence-corrected chi connectivity index (χ4v) is 2.86. The van der Waals surface area contributed by atoms with E-state index in [4.69, 9.17) is 10.5 Å². The molecule has 86 valence electrons. The molecule has 0 atom stereocenters. The first-order valence-corrected chi connectivity index (χ1v) is 6.04. The molecule has 0 aromatic heterocycles. The van der Waals surface area contributed by atoms with Gasteiger partial charge in [-0.1, -0.05) is 18.9 Å². The molecule has 0 radical (unpaired) electrons. The molecular weight excluding hydrogens is 200 g/mol. The minimum Gasteiger partial charge on any atom is -0.489 e. The number of rotatable bonds is 0. The highest BCUT2D eigenvalue weighted by Crippen LogP contribution is 2.43. The van der Waals surface area contributed by atoms with Gasteiger partial charge in [-0.05, 0) is 25.0 Å². The van der Waals surface area contributed by atoms with E-state index < -0.39 is 0 Å². The molecule has 1 aromatic rings. The number of anilines is 2. The monoisotopic (exact) mass is 218 g/mol. The van der Waals surface area contributed by atoms with Gasteiger partial charge in [0, 0.05) is 12.0 Å². The fraction of sp³-hybridized carbons (Fsp3) is 0.538. The highest BCUT2D eigenvalue weighted by molar-refractivity contribution is 5.69. The summed E-state index contributed by atoms with van der Waals surface area (Å²) in [5, 5.41) is 3.49. The third kappa shape index (κ3) is 1.51. The van der Waals surface area contributed by atoms with E-state index in [0.717, 1.165) is 30.3 Å². The van der Waals surface area contributed by atoms with Crippen LogP contribution in [-0.2, 0) is 0 Å². The Morgan fingerprint density at radius 2 is 2.06 bits per heavy atom. The molecule has 3 nitrogen and oxygen atoms in total. The van der Waals surface area contributed by atoms with Crippen molar-refractivity contribution in [2.24, 2.45) is 5.41 Å². The Hall–Kier alpha value is -1.38. The molecule has 1 aliphatic carbocycles. The maximum absolute atomic E-state index is 5.93. The fourth-order valence-electron chi connectivity index (χ4n) is 2.86. The molecule has 0 saturated heterocycles. The first-order valence-electron chi connectivity index (χ1n) is 6.04. The van der Waals surface area contributed by atoms with Gasteiger partial charge < -0.3 is 15.8 Å². The molecular formula is C13H18N2O. The minimum atomic E-state index is 0.339. The van der Waals surface area contributed by atoms with E-state index in [0.29, 0.717) is 5.41 Å². The van der Waals surface area contributed by atoms with Crippen LogP contribution >= 0.6 is 0 Å². The molecule has 3 heteroatoms. The zero-order chi connectivity index (χ0) is 11.0. The van der Waals surface area contributed by atoms with Gasteiger partial charge in [-0.25, -0.2) is 0 Å². The van der Waals surface area contributed by atoms with Crippen LogP contribution in [0.1, 0.15) is 25.7 Å². The lowest BCUT2D eigenvalue weighted by Crippen LogP contribution is -2.30. The third-order valence-corrected chi connectivity index (χ3v) is 3.89. The van der Waals surface area contributed by atoms with Crippen LogP contribution in [0.25, 0.3) is 0 Å². The highest BCUT2D eigenvalue weighted by Gasteiger charge is 2.36. The van der Waals surface area contributed by atoms with Gasteiger partial charge >= 0.3 is 0 Å². The van der Waals surface area contributed by atoms with Crippen molar-refractivity contribution >= 4 is 11.4 Å². The SMILES string of the molecule is Nc1cccc2c1OCC1(CCCC1)CN2. The normalized spacial score (nSPS) is 22.0. The minimum absolute atomic E-state index is 0.339. The zero-order valence-electron chi connectivity index (χ0n) is 9.46. The van der Waals surface area contributed by atoms with E-state index in [-0.39, 0.29) is 0 Å². The molecule has 0 unspecified atom stereocenters. The van der Waals surface area contributed by atoms with Gasteiger partial charge in [0.15, 0.2) is 5.75 Å². The third-order valence-electron chi connectivity index (χ3n) is 3.89. The number of nitrogens with one attached hydrogen (secondary N) is 1. The molecule has 1 aromatic carbocycles. The first kappa shape index (κ1) is 9.82. The summed E-state index contributed by atoms with van der Waals surface area (Å²) in [6, 6.07) is 5.91. The van der Waals surface area contributed by atoms with Crippen molar-refractivity contribution in [3.05, 3.63) is 18.2 Å². The summed E-state index contributed by atoms with van der Waals surface area (Å²) >= 11 is 0. The molecule has 3 rings (SSSR count). The molecule has 1 heterocycles. The van der Waals surface area contributed by atoms with Crippen molar-refractivity contribution < 1.29 is 4.74 Å². The highest BCUT2D eigenvalue weighted by atomic mass is 16.5. The summed E-state index contributed by atoms with van der Waals surface area (Å²) in [4.78, 5) is 0. The number of nitrogens with two attached hydrogens (primary N) is 1. The largest absolute Gasteiger partial charge is 0.489 e. The molecule has 1 aliphatic heterocycles. The molecule has 0 bridgehead atoms. The summed E-state index contributed by atoms with van der Waals surface area (Å²) in [5.74, 6) is 0.839. The van der Waals surface area contributed by atoms with E-state index in [1.54, 1.807) is 0 Å². The van der Waals surface area contributed by atoms with Crippen molar-refractivity contribution in [2.75, 3.05) is 24.2 Å². The lowest BCUT2D eigenvalue weighted by Gasteiger charge is -2.25. The summed E-state index contributed by atoms with van der Waals surface area (Å²) < 4.78 is 5.93. The average molecular weight is 218 g/mol. The molecule has 1 spiro atoms.